The second-order valence-electron chi connectivity index (χ2n) is 5.44. The van der Waals surface area contributed by atoms with Gasteiger partial charge in [0.05, 0.1) is 6.42 Å². The van der Waals surface area contributed by atoms with Gasteiger partial charge in [0.15, 0.2) is 0 Å². The van der Waals surface area contributed by atoms with Crippen LogP contribution < -0.4 is 5.32 Å². The van der Waals surface area contributed by atoms with Crippen molar-refractivity contribution in [1.82, 2.24) is 5.32 Å². The molecule has 1 unspecified atom stereocenters. The first-order valence-corrected chi connectivity index (χ1v) is 8.45. The van der Waals surface area contributed by atoms with Gasteiger partial charge in [-0.3, -0.25) is 13.8 Å². The molecular formula is C13H23NO4S. The molecular weight excluding hydrogens is 266 g/mol. The summed E-state index contributed by atoms with van der Waals surface area (Å²) in [6, 6.07) is 0. The van der Waals surface area contributed by atoms with Crippen LogP contribution >= 0.6 is 0 Å². The van der Waals surface area contributed by atoms with Gasteiger partial charge in [0.1, 0.15) is 0 Å². The van der Waals surface area contributed by atoms with Crippen LogP contribution in [0.2, 0.25) is 0 Å². The first-order chi connectivity index (χ1) is 8.93. The first-order valence-electron chi connectivity index (χ1n) is 6.72. The highest BCUT2D eigenvalue weighted by Crippen LogP contribution is 2.43. The Bertz CT molecular complexity index is 351. The first kappa shape index (κ1) is 16.1. The summed E-state index contributed by atoms with van der Waals surface area (Å²) in [7, 11) is -0.829. The average Bonchev–Trinajstić information content (AvgIpc) is 2.71. The van der Waals surface area contributed by atoms with Crippen LogP contribution in [0.3, 0.4) is 0 Å². The molecule has 0 heterocycles. The molecule has 110 valence electrons. The fraction of sp³-hybridized carbons (Fsp3) is 0.846. The molecule has 1 rings (SSSR count). The van der Waals surface area contributed by atoms with E-state index in [0.29, 0.717) is 25.1 Å². The molecule has 1 saturated carbocycles. The molecule has 0 aliphatic heterocycles. The zero-order valence-corrected chi connectivity index (χ0v) is 12.3. The molecule has 5 nitrogen and oxygen atoms in total. The van der Waals surface area contributed by atoms with E-state index in [-0.39, 0.29) is 17.7 Å². The Morgan fingerprint density at radius 3 is 2.42 bits per heavy atom. The standard InChI is InChI=1S/C13H23NO4S/c1-19(18)8-4-7-14-11(15)9-13(10-12(16)17)5-2-3-6-13/h2-10H2,1H3,(H,14,15)(H,16,17). The van der Waals surface area contributed by atoms with E-state index in [1.54, 1.807) is 6.26 Å². The number of hydrogen-bond acceptors (Lipinski definition) is 3. The van der Waals surface area contributed by atoms with Crippen molar-refractivity contribution < 1.29 is 18.9 Å². The molecule has 2 N–H and O–H groups in total. The van der Waals surface area contributed by atoms with E-state index in [1.807, 2.05) is 0 Å². The highest BCUT2D eigenvalue weighted by Gasteiger charge is 2.37. The van der Waals surface area contributed by atoms with Crippen molar-refractivity contribution in [2.24, 2.45) is 5.41 Å². The quantitative estimate of drug-likeness (QED) is 0.660. The maximum Gasteiger partial charge on any atom is 0.303 e. The number of nitrogens with one attached hydrogen (secondary N) is 1. The number of carbonyl (C=O) groups excluding carboxylic acids is 1. The third-order valence-electron chi connectivity index (χ3n) is 3.66. The predicted octanol–water partition coefficient (Wildman–Crippen LogP) is 1.30. The zero-order valence-electron chi connectivity index (χ0n) is 11.4. The normalized spacial score (nSPS) is 19.0. The van der Waals surface area contributed by atoms with E-state index >= 15 is 0 Å². The Labute approximate surface area is 116 Å². The summed E-state index contributed by atoms with van der Waals surface area (Å²) in [4.78, 5) is 22.8. The number of hydrogen-bond donors (Lipinski definition) is 2. The smallest absolute Gasteiger partial charge is 0.303 e. The van der Waals surface area contributed by atoms with Crippen LogP contribution in [0.25, 0.3) is 0 Å². The molecule has 0 aromatic rings. The van der Waals surface area contributed by atoms with Crippen LogP contribution in [0.4, 0.5) is 0 Å². The van der Waals surface area contributed by atoms with E-state index in [9.17, 15) is 13.8 Å². The van der Waals surface area contributed by atoms with Gasteiger partial charge in [0.25, 0.3) is 0 Å². The minimum absolute atomic E-state index is 0.0787. The van der Waals surface area contributed by atoms with Crippen LogP contribution in [0, 0.1) is 5.41 Å². The number of amides is 1. The summed E-state index contributed by atoms with van der Waals surface area (Å²) < 4.78 is 10.9. The van der Waals surface area contributed by atoms with Crippen LogP contribution in [-0.2, 0) is 20.4 Å². The van der Waals surface area contributed by atoms with Crippen molar-refractivity contribution >= 4 is 22.7 Å². The Morgan fingerprint density at radius 1 is 1.26 bits per heavy atom. The lowest BCUT2D eigenvalue weighted by Gasteiger charge is -2.26. The predicted molar refractivity (Wildman–Crippen MR) is 74.3 cm³/mol. The Morgan fingerprint density at radius 2 is 1.89 bits per heavy atom. The lowest BCUT2D eigenvalue weighted by molar-refractivity contribution is -0.140. The summed E-state index contributed by atoms with van der Waals surface area (Å²) in [6.45, 7) is 0.515. The molecule has 0 saturated heterocycles. The third-order valence-corrected chi connectivity index (χ3v) is 4.52. The lowest BCUT2D eigenvalue weighted by atomic mass is 9.79. The topological polar surface area (TPSA) is 83.5 Å². The zero-order chi connectivity index (χ0) is 14.3. The van der Waals surface area contributed by atoms with E-state index in [2.05, 4.69) is 5.32 Å². The Hall–Kier alpha value is -0.910. The second kappa shape index (κ2) is 7.62. The van der Waals surface area contributed by atoms with Gasteiger partial charge in [-0.05, 0) is 24.7 Å². The molecule has 1 amide bonds. The van der Waals surface area contributed by atoms with Crippen molar-refractivity contribution in [3.63, 3.8) is 0 Å². The highest BCUT2D eigenvalue weighted by atomic mass is 32.2. The SMILES string of the molecule is CS(=O)CCCNC(=O)CC1(CC(=O)O)CCCC1. The van der Waals surface area contributed by atoms with Gasteiger partial charge < -0.3 is 10.4 Å². The van der Waals surface area contributed by atoms with Gasteiger partial charge in [0, 0.05) is 35.8 Å². The second-order valence-corrected chi connectivity index (χ2v) is 6.99. The third kappa shape index (κ3) is 6.18. The maximum absolute atomic E-state index is 11.9. The van der Waals surface area contributed by atoms with Gasteiger partial charge >= 0.3 is 5.97 Å². The molecule has 1 atom stereocenters. The number of aliphatic carboxylic acids is 1. The van der Waals surface area contributed by atoms with Crippen LogP contribution in [0.15, 0.2) is 0 Å². The van der Waals surface area contributed by atoms with Crippen LogP contribution in [0.1, 0.15) is 44.9 Å². The van der Waals surface area contributed by atoms with Crippen LogP contribution in [0.5, 0.6) is 0 Å². The van der Waals surface area contributed by atoms with Crippen molar-refractivity contribution in [2.75, 3.05) is 18.6 Å². The van der Waals surface area contributed by atoms with Crippen molar-refractivity contribution in [3.8, 4) is 0 Å². The van der Waals surface area contributed by atoms with E-state index in [0.717, 1.165) is 25.7 Å². The monoisotopic (exact) mass is 289 g/mol. The van der Waals surface area contributed by atoms with Crippen molar-refractivity contribution in [3.05, 3.63) is 0 Å². The number of carboxylic acid groups (broad SMARTS) is 1. The summed E-state index contributed by atoms with van der Waals surface area (Å²) in [5, 5.41) is 11.8. The number of carbonyl (C=O) groups is 2. The molecule has 1 aliphatic carbocycles. The minimum atomic E-state index is -0.829. The van der Waals surface area contributed by atoms with Gasteiger partial charge in [-0.1, -0.05) is 12.8 Å². The number of carboxylic acids is 1. The fourth-order valence-corrected chi connectivity index (χ4v) is 3.32. The highest BCUT2D eigenvalue weighted by molar-refractivity contribution is 7.84. The molecule has 0 aromatic carbocycles. The summed E-state index contributed by atoms with van der Waals surface area (Å²) in [6.07, 6.45) is 6.39. The molecule has 0 aromatic heterocycles. The fourth-order valence-electron chi connectivity index (χ4n) is 2.77. The molecule has 19 heavy (non-hydrogen) atoms. The maximum atomic E-state index is 11.9. The van der Waals surface area contributed by atoms with E-state index in [4.69, 9.17) is 5.11 Å². The van der Waals surface area contributed by atoms with E-state index in [1.165, 1.54) is 0 Å². The molecule has 0 spiro atoms. The number of rotatable bonds is 8. The minimum Gasteiger partial charge on any atom is -0.481 e. The summed E-state index contributed by atoms with van der Waals surface area (Å²) in [5.41, 5.74) is -0.344. The van der Waals surface area contributed by atoms with Gasteiger partial charge in [-0.2, -0.15) is 0 Å². The Kier molecular flexibility index (Phi) is 6.48. The van der Waals surface area contributed by atoms with Crippen molar-refractivity contribution in [1.29, 1.82) is 0 Å². The van der Waals surface area contributed by atoms with E-state index < -0.39 is 16.8 Å². The lowest BCUT2D eigenvalue weighted by Crippen LogP contribution is -2.32. The molecule has 1 aliphatic rings. The average molecular weight is 289 g/mol. The molecule has 0 bridgehead atoms. The van der Waals surface area contributed by atoms with Gasteiger partial charge in [-0.15, -0.1) is 0 Å². The van der Waals surface area contributed by atoms with Crippen LogP contribution in [-0.4, -0.2) is 39.7 Å². The Balaban J connectivity index is 2.35. The molecule has 1 fully saturated rings. The van der Waals surface area contributed by atoms with Gasteiger partial charge in [-0.25, -0.2) is 0 Å². The van der Waals surface area contributed by atoms with Crippen molar-refractivity contribution in [2.45, 2.75) is 44.9 Å². The largest absolute Gasteiger partial charge is 0.481 e. The van der Waals surface area contributed by atoms with Gasteiger partial charge in [0.2, 0.25) is 5.91 Å². The molecule has 0 radical (unpaired) electrons. The summed E-state index contributed by atoms with van der Waals surface area (Å²) >= 11 is 0. The summed E-state index contributed by atoms with van der Waals surface area (Å²) in [5.74, 6) is -0.318. The molecule has 6 heteroatoms.